The van der Waals surface area contributed by atoms with Gasteiger partial charge in [-0.05, 0) is 17.8 Å². The Kier molecular flexibility index (Phi) is 4.21. The first-order valence-corrected chi connectivity index (χ1v) is 9.52. The molecule has 0 atom stereocenters. The van der Waals surface area contributed by atoms with Gasteiger partial charge in [-0.3, -0.25) is 14.5 Å². The molecule has 1 aromatic carbocycles. The Labute approximate surface area is 158 Å². The van der Waals surface area contributed by atoms with Gasteiger partial charge in [0.05, 0.1) is 16.2 Å². The number of hydrogen-bond donors (Lipinski definition) is 0. The third-order valence-corrected chi connectivity index (χ3v) is 5.81. The first-order valence-electron chi connectivity index (χ1n) is 7.82. The SMILES string of the molecule is C=CCN1C(=O)/C(=C2/C(=O)N(C)c3ccccc32)S/C1=N/c1nccs1. The van der Waals surface area contributed by atoms with Crippen molar-refractivity contribution in [2.24, 2.45) is 4.99 Å². The molecular formula is C18H14N4O2S2. The molecule has 6 nitrogen and oxygen atoms in total. The number of hydrogen-bond acceptors (Lipinski definition) is 6. The molecular weight excluding hydrogens is 368 g/mol. The van der Waals surface area contributed by atoms with Crippen molar-refractivity contribution in [1.82, 2.24) is 9.88 Å². The lowest BCUT2D eigenvalue weighted by Gasteiger charge is -2.12. The van der Waals surface area contributed by atoms with Crippen LogP contribution < -0.4 is 4.90 Å². The number of amidine groups is 1. The largest absolute Gasteiger partial charge is 0.311 e. The topological polar surface area (TPSA) is 65.9 Å². The molecule has 0 spiro atoms. The molecule has 0 N–H and O–H groups in total. The van der Waals surface area contributed by atoms with E-state index in [2.05, 4.69) is 16.6 Å². The number of anilines is 1. The van der Waals surface area contributed by atoms with E-state index in [0.29, 0.717) is 27.3 Å². The van der Waals surface area contributed by atoms with Crippen molar-refractivity contribution in [3.05, 3.63) is 59.0 Å². The fourth-order valence-electron chi connectivity index (χ4n) is 2.87. The summed E-state index contributed by atoms with van der Waals surface area (Å²) in [5.74, 6) is -0.422. The minimum atomic E-state index is -0.237. The lowest BCUT2D eigenvalue weighted by atomic mass is 10.1. The highest BCUT2D eigenvalue weighted by Crippen LogP contribution is 2.44. The zero-order chi connectivity index (χ0) is 18.3. The molecule has 0 aliphatic carbocycles. The van der Waals surface area contributed by atoms with Gasteiger partial charge in [0, 0.05) is 30.7 Å². The summed E-state index contributed by atoms with van der Waals surface area (Å²) in [6.45, 7) is 4.03. The third-order valence-electron chi connectivity index (χ3n) is 4.07. The van der Waals surface area contributed by atoms with Crippen molar-refractivity contribution in [2.75, 3.05) is 18.5 Å². The summed E-state index contributed by atoms with van der Waals surface area (Å²) in [5, 5.41) is 2.90. The highest BCUT2D eigenvalue weighted by molar-refractivity contribution is 8.18. The van der Waals surface area contributed by atoms with Crippen LogP contribution in [0.3, 0.4) is 0 Å². The molecule has 4 rings (SSSR count). The van der Waals surface area contributed by atoms with Crippen LogP contribution in [0.4, 0.5) is 10.8 Å². The normalized spacial score (nSPS) is 21.0. The maximum Gasteiger partial charge on any atom is 0.267 e. The molecule has 2 amide bonds. The zero-order valence-corrected chi connectivity index (χ0v) is 15.5. The summed E-state index contributed by atoms with van der Waals surface area (Å²) < 4.78 is 0. The molecule has 1 saturated heterocycles. The standard InChI is InChI=1S/C18H14N4O2S2/c1-3-9-22-16(24)14(26-18(22)20-17-19-8-10-25-17)13-11-6-4-5-7-12(11)21(2)15(13)23/h3-8,10H,1,9H2,2H3/b14-13-,20-18+. The average molecular weight is 382 g/mol. The summed E-state index contributed by atoms with van der Waals surface area (Å²) in [5.41, 5.74) is 2.00. The Balaban J connectivity index is 1.85. The van der Waals surface area contributed by atoms with Crippen LogP contribution in [0.2, 0.25) is 0 Å². The zero-order valence-electron chi connectivity index (χ0n) is 13.9. The van der Waals surface area contributed by atoms with Crippen molar-refractivity contribution in [3.8, 4) is 0 Å². The summed E-state index contributed by atoms with van der Waals surface area (Å²) >= 11 is 2.60. The Morgan fingerprint density at radius 1 is 1.27 bits per heavy atom. The number of amides is 2. The van der Waals surface area contributed by atoms with Crippen LogP contribution in [0.15, 0.2) is 58.4 Å². The molecule has 8 heteroatoms. The molecule has 0 saturated carbocycles. The number of para-hydroxylation sites is 1. The number of rotatable bonds is 3. The van der Waals surface area contributed by atoms with E-state index >= 15 is 0 Å². The van der Waals surface area contributed by atoms with Crippen LogP contribution in [0.1, 0.15) is 5.56 Å². The fraction of sp³-hybridized carbons (Fsp3) is 0.111. The van der Waals surface area contributed by atoms with Gasteiger partial charge in [-0.25, -0.2) is 4.98 Å². The summed E-state index contributed by atoms with van der Waals surface area (Å²) in [6, 6.07) is 7.47. The predicted molar refractivity (Wildman–Crippen MR) is 105 cm³/mol. The maximum absolute atomic E-state index is 13.0. The van der Waals surface area contributed by atoms with Crippen molar-refractivity contribution < 1.29 is 9.59 Å². The number of benzene rings is 1. The molecule has 26 heavy (non-hydrogen) atoms. The van der Waals surface area contributed by atoms with Crippen molar-refractivity contribution >= 4 is 56.5 Å². The van der Waals surface area contributed by atoms with Crippen LogP contribution in [-0.4, -0.2) is 40.5 Å². The van der Waals surface area contributed by atoms with Crippen LogP contribution >= 0.6 is 23.1 Å². The number of carbonyl (C=O) groups is 2. The molecule has 0 radical (unpaired) electrons. The summed E-state index contributed by atoms with van der Waals surface area (Å²) in [4.78, 5) is 37.9. The minimum absolute atomic E-state index is 0.184. The van der Waals surface area contributed by atoms with E-state index in [1.54, 1.807) is 24.2 Å². The predicted octanol–water partition coefficient (Wildman–Crippen LogP) is 3.28. The third kappa shape index (κ3) is 2.58. The van der Waals surface area contributed by atoms with Crippen LogP contribution in [0.5, 0.6) is 0 Å². The second kappa shape index (κ2) is 6.54. The first-order chi connectivity index (χ1) is 12.6. The second-order valence-corrected chi connectivity index (χ2v) is 7.45. The lowest BCUT2D eigenvalue weighted by Crippen LogP contribution is -2.29. The number of thioether (sulfide) groups is 1. The molecule has 2 aliphatic heterocycles. The number of nitrogens with zero attached hydrogens (tertiary/aromatic N) is 4. The summed E-state index contributed by atoms with van der Waals surface area (Å²) in [7, 11) is 1.71. The van der Waals surface area contributed by atoms with Gasteiger partial charge in [0.15, 0.2) is 5.17 Å². The number of aliphatic imine (C=N–C) groups is 1. The van der Waals surface area contributed by atoms with E-state index in [1.165, 1.54) is 28.0 Å². The van der Waals surface area contributed by atoms with Gasteiger partial charge in [0.1, 0.15) is 0 Å². The first kappa shape index (κ1) is 16.7. The smallest absolute Gasteiger partial charge is 0.267 e. The van der Waals surface area contributed by atoms with Gasteiger partial charge < -0.3 is 4.90 Å². The fourth-order valence-corrected chi connectivity index (χ4v) is 4.51. The molecule has 0 bridgehead atoms. The molecule has 2 aliphatic rings. The van der Waals surface area contributed by atoms with E-state index in [4.69, 9.17) is 0 Å². The van der Waals surface area contributed by atoms with Gasteiger partial charge in [0.25, 0.3) is 11.8 Å². The molecule has 1 aromatic heterocycles. The van der Waals surface area contributed by atoms with Gasteiger partial charge in [-0.2, -0.15) is 4.99 Å². The minimum Gasteiger partial charge on any atom is -0.311 e. The number of aromatic nitrogens is 1. The van der Waals surface area contributed by atoms with E-state index in [0.717, 1.165) is 11.3 Å². The number of thiazole rings is 1. The Morgan fingerprint density at radius 3 is 2.81 bits per heavy atom. The summed E-state index contributed by atoms with van der Waals surface area (Å²) in [6.07, 6.45) is 3.30. The van der Waals surface area contributed by atoms with Gasteiger partial charge >= 0.3 is 0 Å². The Bertz CT molecular complexity index is 979. The van der Waals surface area contributed by atoms with Crippen molar-refractivity contribution in [1.29, 1.82) is 0 Å². The maximum atomic E-state index is 13.0. The number of likely N-dealkylation sites (N-methyl/N-ethyl adjacent to an activating group) is 1. The van der Waals surface area contributed by atoms with Gasteiger partial charge in [0.2, 0.25) is 5.13 Å². The highest BCUT2D eigenvalue weighted by Gasteiger charge is 2.41. The Morgan fingerprint density at radius 2 is 2.08 bits per heavy atom. The molecule has 0 unspecified atom stereocenters. The lowest BCUT2D eigenvalue weighted by molar-refractivity contribution is -0.122. The number of carbonyl (C=O) groups excluding carboxylic acids is 2. The molecule has 2 aromatic rings. The van der Waals surface area contributed by atoms with E-state index in [9.17, 15) is 9.59 Å². The molecule has 1 fully saturated rings. The molecule has 130 valence electrons. The van der Waals surface area contributed by atoms with E-state index in [1.807, 2.05) is 29.6 Å². The van der Waals surface area contributed by atoms with Gasteiger partial charge in [-0.15, -0.1) is 17.9 Å². The van der Waals surface area contributed by atoms with Crippen molar-refractivity contribution in [3.63, 3.8) is 0 Å². The van der Waals surface area contributed by atoms with Crippen LogP contribution in [0, 0.1) is 0 Å². The quantitative estimate of drug-likeness (QED) is 0.604. The Hall–Kier alpha value is -2.71. The molecule has 3 heterocycles. The second-order valence-electron chi connectivity index (χ2n) is 5.60. The number of fused-ring (bicyclic) bond motifs is 1. The van der Waals surface area contributed by atoms with E-state index < -0.39 is 0 Å². The van der Waals surface area contributed by atoms with Crippen LogP contribution in [-0.2, 0) is 9.59 Å². The average Bonchev–Trinajstić information content (AvgIpc) is 3.32. The van der Waals surface area contributed by atoms with Crippen LogP contribution in [0.25, 0.3) is 5.57 Å². The highest BCUT2D eigenvalue weighted by atomic mass is 32.2. The van der Waals surface area contributed by atoms with Crippen molar-refractivity contribution in [2.45, 2.75) is 0 Å². The monoisotopic (exact) mass is 382 g/mol. The van der Waals surface area contributed by atoms with Gasteiger partial charge in [-0.1, -0.05) is 24.3 Å². The van der Waals surface area contributed by atoms with E-state index in [-0.39, 0.29) is 11.8 Å².